The molecule has 0 aromatic heterocycles. The van der Waals surface area contributed by atoms with Gasteiger partial charge >= 0.3 is 0 Å². The standard InChI is InChI=1S/C15H26N2S2/c1-5-12(11-18-4)17(3)14-8-7-9-15(19-6-2)13(14)10-16/h7-9,12H,5-6,10-11,16H2,1-4H3. The predicted octanol–water partition coefficient (Wildman–Crippen LogP) is 3.84. The molecule has 108 valence electrons. The summed E-state index contributed by atoms with van der Waals surface area (Å²) >= 11 is 3.79. The van der Waals surface area contributed by atoms with E-state index in [2.05, 4.69) is 50.2 Å². The second kappa shape index (κ2) is 8.77. The van der Waals surface area contributed by atoms with Crippen LogP contribution in [0.5, 0.6) is 0 Å². The summed E-state index contributed by atoms with van der Waals surface area (Å²) in [6.07, 6.45) is 3.33. The predicted molar refractivity (Wildman–Crippen MR) is 91.6 cm³/mol. The normalized spacial score (nSPS) is 12.5. The maximum atomic E-state index is 5.99. The molecule has 0 bridgehead atoms. The number of benzene rings is 1. The van der Waals surface area contributed by atoms with Crippen LogP contribution in [-0.4, -0.2) is 30.9 Å². The first-order valence-electron chi connectivity index (χ1n) is 6.86. The van der Waals surface area contributed by atoms with Gasteiger partial charge in [0.15, 0.2) is 0 Å². The molecule has 0 radical (unpaired) electrons. The van der Waals surface area contributed by atoms with Crippen LogP contribution in [0, 0.1) is 0 Å². The number of hydrogen-bond donors (Lipinski definition) is 1. The molecule has 1 rings (SSSR count). The minimum atomic E-state index is 0.571. The summed E-state index contributed by atoms with van der Waals surface area (Å²) in [6, 6.07) is 7.10. The topological polar surface area (TPSA) is 29.3 Å². The molecule has 0 aliphatic heterocycles. The number of nitrogens with two attached hydrogens (primary N) is 1. The van der Waals surface area contributed by atoms with E-state index in [1.807, 2.05) is 23.5 Å². The fourth-order valence-electron chi connectivity index (χ4n) is 2.27. The van der Waals surface area contributed by atoms with Crippen molar-refractivity contribution in [1.29, 1.82) is 0 Å². The van der Waals surface area contributed by atoms with Gasteiger partial charge in [0.2, 0.25) is 0 Å². The first-order valence-corrected chi connectivity index (χ1v) is 9.23. The molecule has 0 heterocycles. The van der Waals surface area contributed by atoms with Crippen LogP contribution in [0.4, 0.5) is 5.69 Å². The smallest absolute Gasteiger partial charge is 0.0423 e. The third kappa shape index (κ3) is 4.33. The molecule has 0 spiro atoms. The average molecular weight is 299 g/mol. The molecule has 0 amide bonds. The summed E-state index contributed by atoms with van der Waals surface area (Å²) in [5.74, 6) is 2.24. The Bertz CT molecular complexity index is 382. The number of anilines is 1. The van der Waals surface area contributed by atoms with Crippen LogP contribution in [0.3, 0.4) is 0 Å². The molecular formula is C15H26N2S2. The highest BCUT2D eigenvalue weighted by molar-refractivity contribution is 7.99. The first-order chi connectivity index (χ1) is 9.19. The molecule has 4 heteroatoms. The lowest BCUT2D eigenvalue weighted by atomic mass is 10.1. The van der Waals surface area contributed by atoms with Gasteiger partial charge in [-0.3, -0.25) is 0 Å². The van der Waals surface area contributed by atoms with Crippen molar-refractivity contribution >= 4 is 29.2 Å². The molecule has 2 N–H and O–H groups in total. The van der Waals surface area contributed by atoms with Crippen LogP contribution in [0.2, 0.25) is 0 Å². The van der Waals surface area contributed by atoms with Gasteiger partial charge < -0.3 is 10.6 Å². The lowest BCUT2D eigenvalue weighted by Crippen LogP contribution is -2.34. The molecular weight excluding hydrogens is 272 g/mol. The molecule has 0 aliphatic rings. The SMILES string of the molecule is CCSc1cccc(N(C)C(CC)CSC)c1CN. The van der Waals surface area contributed by atoms with Crippen LogP contribution in [0.1, 0.15) is 25.8 Å². The van der Waals surface area contributed by atoms with E-state index in [-0.39, 0.29) is 0 Å². The van der Waals surface area contributed by atoms with Crippen molar-refractivity contribution in [2.45, 2.75) is 37.8 Å². The van der Waals surface area contributed by atoms with Crippen LogP contribution < -0.4 is 10.6 Å². The minimum absolute atomic E-state index is 0.571. The third-order valence-corrected chi connectivity index (χ3v) is 5.07. The van der Waals surface area contributed by atoms with E-state index in [0.717, 1.165) is 17.9 Å². The fraction of sp³-hybridized carbons (Fsp3) is 0.600. The second-order valence-electron chi connectivity index (χ2n) is 4.52. The molecule has 0 fully saturated rings. The molecule has 2 nitrogen and oxygen atoms in total. The van der Waals surface area contributed by atoms with E-state index in [1.165, 1.54) is 16.1 Å². The summed E-state index contributed by atoms with van der Waals surface area (Å²) in [6.45, 7) is 5.05. The largest absolute Gasteiger partial charge is 0.370 e. The first kappa shape index (κ1) is 16.7. The van der Waals surface area contributed by atoms with E-state index in [1.54, 1.807) is 0 Å². The molecule has 1 aromatic carbocycles. The molecule has 19 heavy (non-hydrogen) atoms. The number of hydrogen-bond acceptors (Lipinski definition) is 4. The van der Waals surface area contributed by atoms with E-state index in [9.17, 15) is 0 Å². The lowest BCUT2D eigenvalue weighted by molar-refractivity contribution is 0.669. The van der Waals surface area contributed by atoms with E-state index in [4.69, 9.17) is 5.73 Å². The fourth-order valence-corrected chi connectivity index (χ4v) is 3.97. The monoisotopic (exact) mass is 298 g/mol. The Labute approximate surface area is 126 Å². The molecule has 0 saturated heterocycles. The van der Waals surface area contributed by atoms with Crippen LogP contribution in [0.25, 0.3) is 0 Å². The highest BCUT2D eigenvalue weighted by atomic mass is 32.2. The Balaban J connectivity index is 3.07. The van der Waals surface area contributed by atoms with Crippen LogP contribution in [0.15, 0.2) is 23.1 Å². The summed E-state index contributed by atoms with van der Waals surface area (Å²) in [4.78, 5) is 3.73. The zero-order valence-electron chi connectivity index (χ0n) is 12.5. The van der Waals surface area contributed by atoms with Crippen LogP contribution in [-0.2, 0) is 6.54 Å². The zero-order chi connectivity index (χ0) is 14.3. The van der Waals surface area contributed by atoms with E-state index in [0.29, 0.717) is 12.6 Å². The van der Waals surface area contributed by atoms with Gasteiger partial charge in [0.05, 0.1) is 0 Å². The van der Waals surface area contributed by atoms with E-state index >= 15 is 0 Å². The summed E-state index contributed by atoms with van der Waals surface area (Å²) in [7, 11) is 2.19. The quantitative estimate of drug-likeness (QED) is 0.739. The van der Waals surface area contributed by atoms with Gasteiger partial charge in [0.25, 0.3) is 0 Å². The second-order valence-corrected chi connectivity index (χ2v) is 6.74. The maximum Gasteiger partial charge on any atom is 0.0423 e. The highest BCUT2D eigenvalue weighted by Crippen LogP contribution is 2.31. The summed E-state index contributed by atoms with van der Waals surface area (Å²) in [5.41, 5.74) is 8.57. The maximum absolute atomic E-state index is 5.99. The number of thioether (sulfide) groups is 2. The van der Waals surface area contributed by atoms with Gasteiger partial charge in [-0.15, -0.1) is 11.8 Å². The Morgan fingerprint density at radius 3 is 2.58 bits per heavy atom. The Hall–Kier alpha value is -0.320. The van der Waals surface area contributed by atoms with Gasteiger partial charge in [-0.05, 0) is 30.6 Å². The lowest BCUT2D eigenvalue weighted by Gasteiger charge is -2.31. The number of rotatable bonds is 8. The van der Waals surface area contributed by atoms with Crippen molar-refractivity contribution in [3.05, 3.63) is 23.8 Å². The average Bonchev–Trinajstić information content (AvgIpc) is 2.44. The van der Waals surface area contributed by atoms with Crippen LogP contribution >= 0.6 is 23.5 Å². The molecule has 1 aromatic rings. The van der Waals surface area contributed by atoms with Gasteiger partial charge in [-0.25, -0.2) is 0 Å². The highest BCUT2D eigenvalue weighted by Gasteiger charge is 2.17. The van der Waals surface area contributed by atoms with Crippen molar-refractivity contribution in [2.75, 3.05) is 29.7 Å². The van der Waals surface area contributed by atoms with Crippen molar-refractivity contribution < 1.29 is 0 Å². The Morgan fingerprint density at radius 1 is 1.32 bits per heavy atom. The molecule has 0 aliphatic carbocycles. The number of nitrogens with zero attached hydrogens (tertiary/aromatic N) is 1. The minimum Gasteiger partial charge on any atom is -0.370 e. The Kier molecular flexibility index (Phi) is 7.73. The van der Waals surface area contributed by atoms with Crippen molar-refractivity contribution in [3.8, 4) is 0 Å². The van der Waals surface area contributed by atoms with Gasteiger partial charge in [-0.2, -0.15) is 11.8 Å². The zero-order valence-corrected chi connectivity index (χ0v) is 14.1. The van der Waals surface area contributed by atoms with Crippen molar-refractivity contribution in [1.82, 2.24) is 0 Å². The summed E-state index contributed by atoms with van der Waals surface area (Å²) in [5, 5.41) is 0. The molecule has 1 unspecified atom stereocenters. The van der Waals surface area contributed by atoms with Gasteiger partial charge in [0.1, 0.15) is 0 Å². The Morgan fingerprint density at radius 2 is 2.05 bits per heavy atom. The third-order valence-electron chi connectivity index (χ3n) is 3.37. The van der Waals surface area contributed by atoms with Gasteiger partial charge in [-0.1, -0.05) is 19.9 Å². The van der Waals surface area contributed by atoms with Crippen molar-refractivity contribution in [2.24, 2.45) is 5.73 Å². The molecule has 0 saturated carbocycles. The van der Waals surface area contributed by atoms with E-state index < -0.39 is 0 Å². The summed E-state index contributed by atoms with van der Waals surface area (Å²) < 4.78 is 0. The van der Waals surface area contributed by atoms with Crippen molar-refractivity contribution in [3.63, 3.8) is 0 Å². The molecule has 1 atom stereocenters. The van der Waals surface area contributed by atoms with Gasteiger partial charge in [0, 0.05) is 41.5 Å².